The van der Waals surface area contributed by atoms with Gasteiger partial charge in [0, 0.05) is 55.7 Å². The van der Waals surface area contributed by atoms with Gasteiger partial charge < -0.3 is 15.4 Å². The van der Waals surface area contributed by atoms with Gasteiger partial charge in [0.25, 0.3) is 5.92 Å². The fourth-order valence-corrected chi connectivity index (χ4v) is 3.91. The smallest absolute Gasteiger partial charge is 0.276 e. The van der Waals surface area contributed by atoms with Crippen molar-refractivity contribution in [1.29, 1.82) is 0 Å². The molecule has 8 heteroatoms. The van der Waals surface area contributed by atoms with Crippen LogP contribution in [0.5, 0.6) is 0 Å². The molecule has 0 saturated carbocycles. The molecule has 2 N–H and O–H groups in total. The van der Waals surface area contributed by atoms with E-state index < -0.39 is 11.8 Å². The summed E-state index contributed by atoms with van der Waals surface area (Å²) in [5.41, 5.74) is 6.60. The van der Waals surface area contributed by atoms with Crippen LogP contribution in [-0.4, -0.2) is 41.3 Å². The van der Waals surface area contributed by atoms with E-state index in [4.69, 9.17) is 10.5 Å². The molecule has 0 aliphatic carbocycles. The lowest BCUT2D eigenvalue weighted by Crippen LogP contribution is -2.33. The Morgan fingerprint density at radius 1 is 1.04 bits per heavy atom. The molecule has 0 amide bonds. The summed E-state index contributed by atoms with van der Waals surface area (Å²) in [5.74, 6) is -2.94. The Bertz CT molecular complexity index is 803. The molecular weight excluding hydrogens is 364 g/mol. The van der Waals surface area contributed by atoms with Gasteiger partial charge in [-0.15, -0.1) is 0 Å². The topological polar surface area (TPSA) is 77.2 Å². The number of alkyl halides is 2. The van der Waals surface area contributed by atoms with E-state index in [1.54, 1.807) is 6.07 Å². The molecule has 0 bridgehead atoms. The van der Waals surface area contributed by atoms with Crippen molar-refractivity contribution in [2.75, 3.05) is 36.9 Å². The zero-order valence-electron chi connectivity index (χ0n) is 15.8. The molecule has 0 atom stereocenters. The highest BCUT2D eigenvalue weighted by Crippen LogP contribution is 2.43. The van der Waals surface area contributed by atoms with Gasteiger partial charge in [0.15, 0.2) is 0 Å². The van der Waals surface area contributed by atoms with Crippen LogP contribution in [0.3, 0.4) is 0 Å². The van der Waals surface area contributed by atoms with Crippen LogP contribution in [0.4, 0.5) is 20.5 Å². The van der Waals surface area contributed by atoms with E-state index in [2.05, 4.69) is 19.9 Å². The minimum absolute atomic E-state index is 0.00167. The van der Waals surface area contributed by atoms with Gasteiger partial charge in [-0.3, -0.25) is 0 Å². The monoisotopic (exact) mass is 389 g/mol. The van der Waals surface area contributed by atoms with Crippen LogP contribution in [0.2, 0.25) is 0 Å². The average Bonchev–Trinajstić information content (AvgIpc) is 2.75. The van der Waals surface area contributed by atoms with Crippen LogP contribution < -0.4 is 10.6 Å². The number of nitrogens with two attached hydrogens (primary N) is 1. The first-order valence-corrected chi connectivity index (χ1v) is 9.85. The zero-order valence-corrected chi connectivity index (χ0v) is 15.8. The highest BCUT2D eigenvalue weighted by atomic mass is 19.3. The second-order valence-corrected chi connectivity index (χ2v) is 7.49. The van der Waals surface area contributed by atoms with Crippen LogP contribution in [-0.2, 0) is 10.7 Å². The zero-order chi connectivity index (χ0) is 19.6. The van der Waals surface area contributed by atoms with Crippen molar-refractivity contribution in [2.24, 2.45) is 5.92 Å². The lowest BCUT2D eigenvalue weighted by atomic mass is 9.88. The first kappa shape index (κ1) is 19.0. The van der Waals surface area contributed by atoms with Crippen LogP contribution >= 0.6 is 0 Å². The number of nitrogens with zero attached hydrogens (tertiary/aromatic N) is 4. The molecule has 2 saturated heterocycles. The van der Waals surface area contributed by atoms with E-state index in [1.165, 1.54) is 18.5 Å². The molecular formula is C20H25F2N5O. The van der Waals surface area contributed by atoms with Gasteiger partial charge in [0.05, 0.1) is 5.69 Å². The van der Waals surface area contributed by atoms with Crippen LogP contribution in [0.15, 0.2) is 24.5 Å². The quantitative estimate of drug-likeness (QED) is 0.860. The molecule has 28 heavy (non-hydrogen) atoms. The Morgan fingerprint density at radius 3 is 2.39 bits per heavy atom. The predicted octanol–water partition coefficient (Wildman–Crippen LogP) is 3.63. The number of nitrogen functional groups attached to an aromatic ring is 1. The fourth-order valence-electron chi connectivity index (χ4n) is 3.91. The average molecular weight is 389 g/mol. The van der Waals surface area contributed by atoms with Gasteiger partial charge in [-0.25, -0.2) is 23.7 Å². The number of pyridine rings is 1. The van der Waals surface area contributed by atoms with Gasteiger partial charge in [0.1, 0.15) is 5.82 Å². The SMILES string of the molecule is Nc1ncc(-c2cc(C(F)(F)C3CCOCC3)cc(N3CCCCC3)n2)cn1. The van der Waals surface area contributed by atoms with E-state index >= 15 is 8.78 Å². The highest BCUT2D eigenvalue weighted by Gasteiger charge is 2.42. The minimum Gasteiger partial charge on any atom is -0.381 e. The summed E-state index contributed by atoms with van der Waals surface area (Å²) in [6.07, 6.45) is 7.02. The summed E-state index contributed by atoms with van der Waals surface area (Å²) in [6, 6.07) is 3.03. The van der Waals surface area contributed by atoms with Gasteiger partial charge in [-0.1, -0.05) is 0 Å². The first-order chi connectivity index (χ1) is 13.5. The molecule has 0 radical (unpaired) electrons. The molecule has 150 valence electrons. The lowest BCUT2D eigenvalue weighted by molar-refractivity contribution is -0.102. The van der Waals surface area contributed by atoms with Crippen molar-refractivity contribution < 1.29 is 13.5 Å². The van der Waals surface area contributed by atoms with Gasteiger partial charge in [0.2, 0.25) is 5.95 Å². The van der Waals surface area contributed by atoms with Crippen molar-refractivity contribution in [3.63, 3.8) is 0 Å². The number of anilines is 2. The molecule has 0 aromatic carbocycles. The largest absolute Gasteiger partial charge is 0.381 e. The van der Waals surface area contributed by atoms with Crippen molar-refractivity contribution in [3.05, 3.63) is 30.1 Å². The van der Waals surface area contributed by atoms with Crippen LogP contribution in [0, 0.1) is 5.92 Å². The maximum Gasteiger partial charge on any atom is 0.276 e. The molecule has 2 fully saturated rings. The van der Waals surface area contributed by atoms with E-state index in [0.717, 1.165) is 32.4 Å². The van der Waals surface area contributed by atoms with E-state index in [1.807, 2.05) is 0 Å². The molecule has 0 spiro atoms. The lowest BCUT2D eigenvalue weighted by Gasteiger charge is -2.32. The second kappa shape index (κ2) is 7.95. The Kier molecular flexibility index (Phi) is 5.39. The normalized spacial score (nSPS) is 19.0. The number of hydrogen-bond donors (Lipinski definition) is 1. The Balaban J connectivity index is 1.75. The second-order valence-electron chi connectivity index (χ2n) is 7.49. The molecule has 2 aliphatic rings. The summed E-state index contributed by atoms with van der Waals surface area (Å²) in [6.45, 7) is 2.42. The molecule has 2 aromatic heterocycles. The minimum atomic E-state index is -2.94. The van der Waals surface area contributed by atoms with E-state index in [9.17, 15) is 0 Å². The maximum absolute atomic E-state index is 15.4. The highest BCUT2D eigenvalue weighted by molar-refractivity contribution is 5.62. The van der Waals surface area contributed by atoms with Crippen molar-refractivity contribution in [3.8, 4) is 11.3 Å². The van der Waals surface area contributed by atoms with E-state index in [-0.39, 0.29) is 11.5 Å². The molecule has 0 unspecified atom stereocenters. The van der Waals surface area contributed by atoms with Crippen molar-refractivity contribution >= 4 is 11.8 Å². The molecule has 2 aromatic rings. The summed E-state index contributed by atoms with van der Waals surface area (Å²) >= 11 is 0. The van der Waals surface area contributed by atoms with Crippen LogP contribution in [0.25, 0.3) is 11.3 Å². The Labute approximate surface area is 163 Å². The molecule has 2 aliphatic heterocycles. The third-order valence-electron chi connectivity index (χ3n) is 5.58. The summed E-state index contributed by atoms with van der Waals surface area (Å²) in [5, 5.41) is 0. The van der Waals surface area contributed by atoms with Crippen LogP contribution in [0.1, 0.15) is 37.7 Å². The van der Waals surface area contributed by atoms with Crippen molar-refractivity contribution in [1.82, 2.24) is 15.0 Å². The maximum atomic E-state index is 15.4. The third kappa shape index (κ3) is 3.92. The summed E-state index contributed by atoms with van der Waals surface area (Å²) in [4.78, 5) is 14.7. The van der Waals surface area contributed by atoms with Gasteiger partial charge in [-0.2, -0.15) is 0 Å². The van der Waals surface area contributed by atoms with E-state index in [0.29, 0.717) is 43.1 Å². The van der Waals surface area contributed by atoms with Crippen molar-refractivity contribution in [2.45, 2.75) is 38.0 Å². The Hall–Kier alpha value is -2.35. The molecule has 6 nitrogen and oxygen atoms in total. The summed E-state index contributed by atoms with van der Waals surface area (Å²) < 4.78 is 36.1. The van der Waals surface area contributed by atoms with Gasteiger partial charge >= 0.3 is 0 Å². The number of hydrogen-bond acceptors (Lipinski definition) is 6. The number of piperidine rings is 1. The summed E-state index contributed by atoms with van der Waals surface area (Å²) in [7, 11) is 0. The Morgan fingerprint density at radius 2 is 1.71 bits per heavy atom. The first-order valence-electron chi connectivity index (χ1n) is 9.85. The number of aromatic nitrogens is 3. The fraction of sp³-hybridized carbons (Fsp3) is 0.550. The standard InChI is InChI=1S/C20H25F2N5O/c21-20(22,15-4-8-28-9-5-15)16-10-17(14-12-24-19(23)25-13-14)26-18(11-16)27-6-2-1-3-7-27/h10-13,15H,1-9H2,(H2,23,24,25). The molecule has 4 rings (SSSR count). The number of halogens is 2. The predicted molar refractivity (Wildman–Crippen MR) is 103 cm³/mol. The third-order valence-corrected chi connectivity index (χ3v) is 5.58. The number of rotatable bonds is 4. The molecule has 4 heterocycles. The van der Waals surface area contributed by atoms with Gasteiger partial charge in [-0.05, 0) is 44.2 Å². The number of ether oxygens (including phenoxy) is 1.